The summed E-state index contributed by atoms with van der Waals surface area (Å²) in [5.74, 6) is 2.87. The van der Waals surface area contributed by atoms with Gasteiger partial charge in [0.1, 0.15) is 0 Å². The van der Waals surface area contributed by atoms with Crippen LogP contribution in [0.15, 0.2) is 0 Å². The molecule has 0 bridgehead atoms. The van der Waals surface area contributed by atoms with E-state index in [4.69, 9.17) is 0 Å². The Morgan fingerprint density at radius 1 is 1.20 bits per heavy atom. The van der Waals surface area contributed by atoms with Crippen LogP contribution in [0, 0.1) is 11.8 Å². The van der Waals surface area contributed by atoms with Crippen molar-refractivity contribution in [1.82, 2.24) is 10.2 Å². The SMILES string of the molecule is CCC(C)C1CN(CCCCCSC)C(C(C)C)CN1. The summed E-state index contributed by atoms with van der Waals surface area (Å²) in [6, 6.07) is 1.43. The summed E-state index contributed by atoms with van der Waals surface area (Å²) in [7, 11) is 0. The van der Waals surface area contributed by atoms with E-state index in [0.29, 0.717) is 6.04 Å². The lowest BCUT2D eigenvalue weighted by Gasteiger charge is -2.44. The van der Waals surface area contributed by atoms with Gasteiger partial charge in [-0.25, -0.2) is 0 Å². The smallest absolute Gasteiger partial charge is 0.0244 e. The van der Waals surface area contributed by atoms with Gasteiger partial charge < -0.3 is 5.32 Å². The summed E-state index contributed by atoms with van der Waals surface area (Å²) >= 11 is 1.98. The number of unbranched alkanes of at least 4 members (excludes halogenated alkanes) is 2. The quantitative estimate of drug-likeness (QED) is 0.651. The molecule has 1 aliphatic heterocycles. The molecule has 0 aromatic carbocycles. The van der Waals surface area contributed by atoms with Crippen molar-refractivity contribution in [1.29, 1.82) is 0 Å². The molecule has 1 rings (SSSR count). The Bertz CT molecular complexity index is 245. The monoisotopic (exact) mass is 300 g/mol. The number of hydrogen-bond acceptors (Lipinski definition) is 3. The van der Waals surface area contributed by atoms with E-state index >= 15 is 0 Å². The van der Waals surface area contributed by atoms with Gasteiger partial charge in [0, 0.05) is 25.2 Å². The van der Waals surface area contributed by atoms with E-state index in [1.807, 2.05) is 11.8 Å². The predicted octanol–water partition coefficient (Wildman–Crippen LogP) is 3.86. The van der Waals surface area contributed by atoms with Crippen molar-refractivity contribution in [2.45, 2.75) is 65.5 Å². The van der Waals surface area contributed by atoms with Crippen molar-refractivity contribution in [2.24, 2.45) is 11.8 Å². The molecule has 0 amide bonds. The van der Waals surface area contributed by atoms with E-state index in [1.54, 1.807) is 0 Å². The predicted molar refractivity (Wildman–Crippen MR) is 93.7 cm³/mol. The molecule has 0 radical (unpaired) electrons. The van der Waals surface area contributed by atoms with Crippen molar-refractivity contribution < 1.29 is 0 Å². The Hall–Kier alpha value is 0.270. The lowest BCUT2D eigenvalue weighted by atomic mass is 9.92. The van der Waals surface area contributed by atoms with E-state index in [-0.39, 0.29) is 0 Å². The van der Waals surface area contributed by atoms with Gasteiger partial charge in [0.05, 0.1) is 0 Å². The first-order valence-electron chi connectivity index (χ1n) is 8.56. The molecule has 0 aromatic rings. The third-order valence-corrected chi connectivity index (χ3v) is 5.58. The van der Waals surface area contributed by atoms with Crippen molar-refractivity contribution in [2.75, 3.05) is 31.6 Å². The first-order valence-corrected chi connectivity index (χ1v) is 9.95. The van der Waals surface area contributed by atoms with Gasteiger partial charge in [-0.3, -0.25) is 4.90 Å². The number of nitrogens with zero attached hydrogens (tertiary/aromatic N) is 1. The molecule has 1 heterocycles. The summed E-state index contributed by atoms with van der Waals surface area (Å²) in [5.41, 5.74) is 0. The standard InChI is InChI=1S/C17H36N2S/c1-6-15(4)16-13-19(10-8-7-9-11-20-5)17(12-18-16)14(2)3/h14-18H,6-13H2,1-5H3. The van der Waals surface area contributed by atoms with Crippen LogP contribution in [0.2, 0.25) is 0 Å². The number of hydrogen-bond donors (Lipinski definition) is 1. The zero-order valence-corrected chi connectivity index (χ0v) is 15.1. The third kappa shape index (κ3) is 5.95. The fourth-order valence-corrected chi connectivity index (χ4v) is 3.66. The van der Waals surface area contributed by atoms with Crippen LogP contribution >= 0.6 is 11.8 Å². The van der Waals surface area contributed by atoms with Crippen LogP contribution in [0.5, 0.6) is 0 Å². The normalized spacial score (nSPS) is 26.1. The molecule has 120 valence electrons. The van der Waals surface area contributed by atoms with Gasteiger partial charge in [-0.05, 0) is 43.2 Å². The summed E-state index contributed by atoms with van der Waals surface area (Å²) in [5, 5.41) is 3.80. The average molecular weight is 301 g/mol. The number of nitrogens with one attached hydrogen (secondary N) is 1. The Morgan fingerprint density at radius 3 is 2.55 bits per heavy atom. The Labute approximate surface area is 131 Å². The van der Waals surface area contributed by atoms with Gasteiger partial charge in [-0.1, -0.05) is 40.5 Å². The molecule has 0 aromatic heterocycles. The molecule has 3 atom stereocenters. The van der Waals surface area contributed by atoms with Gasteiger partial charge in [-0.15, -0.1) is 0 Å². The van der Waals surface area contributed by atoms with Gasteiger partial charge in [0.15, 0.2) is 0 Å². The van der Waals surface area contributed by atoms with E-state index in [0.717, 1.165) is 17.9 Å². The van der Waals surface area contributed by atoms with Crippen molar-refractivity contribution >= 4 is 11.8 Å². The fourth-order valence-electron chi connectivity index (χ4n) is 3.17. The van der Waals surface area contributed by atoms with Gasteiger partial charge in [-0.2, -0.15) is 11.8 Å². The number of piperazine rings is 1. The third-order valence-electron chi connectivity index (χ3n) is 4.88. The second kappa shape index (κ2) is 10.1. The highest BCUT2D eigenvalue weighted by Gasteiger charge is 2.31. The lowest BCUT2D eigenvalue weighted by molar-refractivity contribution is 0.0804. The van der Waals surface area contributed by atoms with Crippen molar-refractivity contribution in [3.05, 3.63) is 0 Å². The van der Waals surface area contributed by atoms with Crippen molar-refractivity contribution in [3.63, 3.8) is 0 Å². The lowest BCUT2D eigenvalue weighted by Crippen LogP contribution is -2.60. The minimum Gasteiger partial charge on any atom is -0.311 e. The molecule has 0 saturated carbocycles. The number of thioether (sulfide) groups is 1. The Balaban J connectivity index is 2.42. The van der Waals surface area contributed by atoms with E-state index in [9.17, 15) is 0 Å². The van der Waals surface area contributed by atoms with E-state index < -0.39 is 0 Å². The topological polar surface area (TPSA) is 15.3 Å². The van der Waals surface area contributed by atoms with E-state index in [1.165, 1.54) is 51.1 Å². The molecule has 0 aliphatic carbocycles. The molecule has 1 N–H and O–H groups in total. The zero-order valence-electron chi connectivity index (χ0n) is 14.3. The second-order valence-electron chi connectivity index (χ2n) is 6.76. The van der Waals surface area contributed by atoms with Gasteiger partial charge in [0.25, 0.3) is 0 Å². The highest BCUT2D eigenvalue weighted by atomic mass is 32.2. The van der Waals surface area contributed by atoms with Crippen LogP contribution in [0.1, 0.15) is 53.4 Å². The average Bonchev–Trinajstić information content (AvgIpc) is 2.45. The largest absolute Gasteiger partial charge is 0.311 e. The van der Waals surface area contributed by atoms with E-state index in [2.05, 4.69) is 44.2 Å². The molecular weight excluding hydrogens is 264 g/mol. The molecule has 2 nitrogen and oxygen atoms in total. The van der Waals surface area contributed by atoms with Gasteiger partial charge >= 0.3 is 0 Å². The maximum Gasteiger partial charge on any atom is 0.0244 e. The maximum absolute atomic E-state index is 3.80. The molecule has 1 aliphatic rings. The van der Waals surface area contributed by atoms with Crippen LogP contribution in [0.4, 0.5) is 0 Å². The minimum atomic E-state index is 0.696. The van der Waals surface area contributed by atoms with Crippen molar-refractivity contribution in [3.8, 4) is 0 Å². The van der Waals surface area contributed by atoms with Crippen LogP contribution in [-0.4, -0.2) is 48.6 Å². The Kier molecular flexibility index (Phi) is 9.23. The zero-order chi connectivity index (χ0) is 15.0. The second-order valence-corrected chi connectivity index (χ2v) is 7.75. The first-order chi connectivity index (χ1) is 9.60. The molecule has 0 spiro atoms. The molecule has 1 fully saturated rings. The first kappa shape index (κ1) is 18.3. The van der Waals surface area contributed by atoms with Crippen LogP contribution in [0.25, 0.3) is 0 Å². The molecule has 20 heavy (non-hydrogen) atoms. The molecule has 3 heteroatoms. The molecule has 3 unspecified atom stereocenters. The maximum atomic E-state index is 3.80. The van der Waals surface area contributed by atoms with Crippen LogP contribution in [0.3, 0.4) is 0 Å². The highest BCUT2D eigenvalue weighted by Crippen LogP contribution is 2.20. The Morgan fingerprint density at radius 2 is 1.95 bits per heavy atom. The molecule has 1 saturated heterocycles. The summed E-state index contributed by atoms with van der Waals surface area (Å²) in [6.45, 7) is 13.2. The summed E-state index contributed by atoms with van der Waals surface area (Å²) in [6.07, 6.45) is 7.64. The minimum absolute atomic E-state index is 0.696. The summed E-state index contributed by atoms with van der Waals surface area (Å²) < 4.78 is 0. The highest BCUT2D eigenvalue weighted by molar-refractivity contribution is 7.98. The van der Waals surface area contributed by atoms with Crippen LogP contribution < -0.4 is 5.32 Å². The molecular formula is C17H36N2S. The summed E-state index contributed by atoms with van der Waals surface area (Å²) in [4.78, 5) is 2.77. The van der Waals surface area contributed by atoms with Gasteiger partial charge in [0.2, 0.25) is 0 Å². The van der Waals surface area contributed by atoms with Crippen LogP contribution in [-0.2, 0) is 0 Å². The fraction of sp³-hybridized carbons (Fsp3) is 1.00. The number of rotatable bonds is 9.